The summed E-state index contributed by atoms with van der Waals surface area (Å²) in [5, 5.41) is 11.4. The number of rotatable bonds is 3. The van der Waals surface area contributed by atoms with Crippen LogP contribution in [0.5, 0.6) is 0 Å². The van der Waals surface area contributed by atoms with E-state index in [1.807, 2.05) is 6.07 Å². The molecule has 1 aliphatic carbocycles. The Morgan fingerprint density at radius 2 is 2.11 bits per heavy atom. The lowest BCUT2D eigenvalue weighted by molar-refractivity contribution is 0.232. The second-order valence-electron chi connectivity index (χ2n) is 5.74. The molecule has 4 nitrogen and oxygen atoms in total. The Labute approximate surface area is 113 Å². The summed E-state index contributed by atoms with van der Waals surface area (Å²) < 4.78 is 0. The van der Waals surface area contributed by atoms with Gasteiger partial charge in [-0.25, -0.2) is 0 Å². The highest BCUT2D eigenvalue weighted by molar-refractivity contribution is 7.80. The molecule has 0 saturated heterocycles. The van der Waals surface area contributed by atoms with Gasteiger partial charge in [0.25, 0.3) is 0 Å². The molecule has 0 radical (unpaired) electrons. The number of hydrogen-bond acceptors (Lipinski definition) is 4. The molecule has 3 N–H and O–H groups in total. The van der Waals surface area contributed by atoms with E-state index in [0.29, 0.717) is 16.4 Å². The van der Waals surface area contributed by atoms with Gasteiger partial charge in [0.1, 0.15) is 4.99 Å². The zero-order chi connectivity index (χ0) is 13.2. The Balaban J connectivity index is 2.04. The molecule has 1 fully saturated rings. The number of nitrogens with one attached hydrogen (secondary N) is 1. The molecule has 1 heterocycles. The van der Waals surface area contributed by atoms with Crippen molar-refractivity contribution in [1.82, 2.24) is 10.2 Å². The average Bonchev–Trinajstić information content (AvgIpc) is 2.32. The van der Waals surface area contributed by atoms with Gasteiger partial charge in [-0.15, -0.1) is 5.10 Å². The molecule has 1 aromatic rings. The Kier molecular flexibility index (Phi) is 3.80. The van der Waals surface area contributed by atoms with Crippen molar-refractivity contribution in [1.29, 1.82) is 0 Å². The molecule has 0 spiro atoms. The van der Waals surface area contributed by atoms with Crippen LogP contribution in [0.4, 0.5) is 5.82 Å². The third-order valence-electron chi connectivity index (χ3n) is 3.67. The van der Waals surface area contributed by atoms with E-state index in [1.54, 1.807) is 6.20 Å². The van der Waals surface area contributed by atoms with E-state index in [-0.39, 0.29) is 0 Å². The topological polar surface area (TPSA) is 63.8 Å². The van der Waals surface area contributed by atoms with Crippen LogP contribution in [0.1, 0.15) is 45.1 Å². The summed E-state index contributed by atoms with van der Waals surface area (Å²) in [7, 11) is 0. The maximum absolute atomic E-state index is 5.69. The Morgan fingerprint density at radius 1 is 1.44 bits per heavy atom. The first kappa shape index (κ1) is 13.2. The lowest BCUT2D eigenvalue weighted by Gasteiger charge is -2.34. The summed E-state index contributed by atoms with van der Waals surface area (Å²) in [6, 6.07) is 2.26. The van der Waals surface area contributed by atoms with E-state index in [1.165, 1.54) is 12.8 Å². The average molecular weight is 264 g/mol. The van der Waals surface area contributed by atoms with Crippen LogP contribution < -0.4 is 11.1 Å². The van der Waals surface area contributed by atoms with E-state index in [9.17, 15) is 0 Å². The molecule has 98 valence electrons. The van der Waals surface area contributed by atoms with Gasteiger partial charge in [0, 0.05) is 6.04 Å². The van der Waals surface area contributed by atoms with Crippen LogP contribution in [0.25, 0.3) is 0 Å². The minimum atomic E-state index is 0.364. The molecule has 1 aromatic heterocycles. The second-order valence-corrected chi connectivity index (χ2v) is 6.18. The van der Waals surface area contributed by atoms with Crippen molar-refractivity contribution >= 4 is 23.0 Å². The number of anilines is 1. The van der Waals surface area contributed by atoms with Crippen molar-refractivity contribution in [2.75, 3.05) is 5.32 Å². The number of thiocarbonyl (C=S) groups is 1. The van der Waals surface area contributed by atoms with Crippen LogP contribution in [0.3, 0.4) is 0 Å². The van der Waals surface area contributed by atoms with Crippen LogP contribution in [-0.4, -0.2) is 21.2 Å². The smallest absolute Gasteiger partial charge is 0.159 e. The lowest BCUT2D eigenvalue weighted by atomic mass is 9.75. The lowest BCUT2D eigenvalue weighted by Crippen LogP contribution is -2.31. The van der Waals surface area contributed by atoms with Crippen LogP contribution >= 0.6 is 12.2 Å². The van der Waals surface area contributed by atoms with Gasteiger partial charge in [0.15, 0.2) is 5.82 Å². The Hall–Kier alpha value is -1.23. The first-order valence-electron chi connectivity index (χ1n) is 6.36. The largest absolute Gasteiger partial charge is 0.389 e. The van der Waals surface area contributed by atoms with Crippen LogP contribution in [0.15, 0.2) is 12.3 Å². The van der Waals surface area contributed by atoms with Gasteiger partial charge < -0.3 is 11.1 Å². The molecular formula is C13H20N4S. The minimum Gasteiger partial charge on any atom is -0.389 e. The fourth-order valence-electron chi connectivity index (χ4n) is 2.37. The summed E-state index contributed by atoms with van der Waals surface area (Å²) in [5.74, 6) is 0.717. The first-order valence-corrected chi connectivity index (χ1v) is 6.77. The van der Waals surface area contributed by atoms with Gasteiger partial charge in [0.2, 0.25) is 0 Å². The van der Waals surface area contributed by atoms with Crippen molar-refractivity contribution in [3.8, 4) is 0 Å². The second kappa shape index (κ2) is 5.18. The van der Waals surface area contributed by atoms with Gasteiger partial charge in [-0.05, 0) is 37.2 Å². The van der Waals surface area contributed by atoms with E-state index in [2.05, 4.69) is 29.4 Å². The molecule has 5 heteroatoms. The van der Waals surface area contributed by atoms with E-state index in [0.717, 1.165) is 24.2 Å². The number of hydrogen-bond donors (Lipinski definition) is 2. The molecule has 0 atom stereocenters. The predicted octanol–water partition coefficient (Wildman–Crippen LogP) is 2.49. The monoisotopic (exact) mass is 264 g/mol. The van der Waals surface area contributed by atoms with Gasteiger partial charge >= 0.3 is 0 Å². The maximum Gasteiger partial charge on any atom is 0.159 e. The van der Waals surface area contributed by atoms with Gasteiger partial charge in [-0.3, -0.25) is 0 Å². The fourth-order valence-corrected chi connectivity index (χ4v) is 2.54. The number of nitrogens with two attached hydrogens (primary N) is 1. The molecule has 0 unspecified atom stereocenters. The van der Waals surface area contributed by atoms with Crippen LogP contribution in [0, 0.1) is 5.41 Å². The van der Waals surface area contributed by atoms with Crippen molar-refractivity contribution in [3.63, 3.8) is 0 Å². The van der Waals surface area contributed by atoms with Gasteiger partial charge in [0.05, 0.1) is 11.8 Å². The summed E-state index contributed by atoms with van der Waals surface area (Å²) in [6.45, 7) is 4.65. The normalized spacial score (nSPS) is 19.4. The number of aromatic nitrogens is 2. The van der Waals surface area contributed by atoms with E-state index >= 15 is 0 Å². The highest BCUT2D eigenvalue weighted by atomic mass is 32.1. The van der Waals surface area contributed by atoms with Crippen molar-refractivity contribution < 1.29 is 0 Å². The fraction of sp³-hybridized carbons (Fsp3) is 0.615. The predicted molar refractivity (Wildman–Crippen MR) is 77.6 cm³/mol. The van der Waals surface area contributed by atoms with Crippen molar-refractivity contribution in [2.24, 2.45) is 11.1 Å². The zero-order valence-corrected chi connectivity index (χ0v) is 11.8. The molecule has 0 aromatic carbocycles. The highest BCUT2D eigenvalue weighted by Crippen LogP contribution is 2.36. The molecule has 0 amide bonds. The summed E-state index contributed by atoms with van der Waals surface area (Å²) in [4.78, 5) is 0.364. The quantitative estimate of drug-likeness (QED) is 0.821. The molecule has 0 aliphatic heterocycles. The minimum absolute atomic E-state index is 0.364. The van der Waals surface area contributed by atoms with E-state index in [4.69, 9.17) is 18.0 Å². The number of nitrogens with zero attached hydrogens (tertiary/aromatic N) is 2. The highest BCUT2D eigenvalue weighted by Gasteiger charge is 2.27. The molecule has 18 heavy (non-hydrogen) atoms. The zero-order valence-electron chi connectivity index (χ0n) is 10.9. The maximum atomic E-state index is 5.69. The van der Waals surface area contributed by atoms with Crippen LogP contribution in [-0.2, 0) is 0 Å². The summed E-state index contributed by atoms with van der Waals surface area (Å²) in [5.41, 5.74) is 6.93. The first-order chi connectivity index (χ1) is 8.48. The third kappa shape index (κ3) is 3.16. The Morgan fingerprint density at radius 3 is 2.72 bits per heavy atom. The molecule has 1 saturated carbocycles. The van der Waals surface area contributed by atoms with Gasteiger partial charge in [-0.2, -0.15) is 5.10 Å². The molecule has 2 rings (SSSR count). The standard InChI is InChI=1S/C13H20N4S/c1-13(2)6-3-9(4-7-13)16-12-10(11(14)18)5-8-15-17-12/h5,8-9H,3-4,6-7H2,1-2H3,(H2,14,18)(H,16,17). The van der Waals surface area contributed by atoms with Crippen LogP contribution in [0.2, 0.25) is 0 Å². The SMILES string of the molecule is CC1(C)CCC(Nc2nnccc2C(N)=S)CC1. The molecule has 1 aliphatic rings. The summed E-state index contributed by atoms with van der Waals surface area (Å²) >= 11 is 5.02. The Bertz CT molecular complexity index is 434. The molecule has 0 bridgehead atoms. The summed E-state index contributed by atoms with van der Waals surface area (Å²) in [6.07, 6.45) is 6.38. The molecular weight excluding hydrogens is 244 g/mol. The van der Waals surface area contributed by atoms with Crippen molar-refractivity contribution in [2.45, 2.75) is 45.6 Å². The van der Waals surface area contributed by atoms with E-state index < -0.39 is 0 Å². The van der Waals surface area contributed by atoms with Crippen molar-refractivity contribution in [3.05, 3.63) is 17.8 Å². The van der Waals surface area contributed by atoms with Gasteiger partial charge in [-0.1, -0.05) is 26.1 Å². The third-order valence-corrected chi connectivity index (χ3v) is 3.89.